The van der Waals surface area contributed by atoms with E-state index < -0.39 is 0 Å². The average molecular weight is 279 g/mol. The summed E-state index contributed by atoms with van der Waals surface area (Å²) in [5.41, 5.74) is 0.627. The second-order valence-corrected chi connectivity index (χ2v) is 5.00. The number of ketones is 1. The summed E-state index contributed by atoms with van der Waals surface area (Å²) in [4.78, 5) is 12.3. The van der Waals surface area contributed by atoms with Crippen LogP contribution in [-0.2, 0) is 4.74 Å². The van der Waals surface area contributed by atoms with E-state index in [-0.39, 0.29) is 17.9 Å². The summed E-state index contributed by atoms with van der Waals surface area (Å²) >= 11 is 0. The molecule has 1 saturated heterocycles. The smallest absolute Gasteiger partial charge is 0.164 e. The Balaban J connectivity index is 2.05. The summed E-state index contributed by atoms with van der Waals surface area (Å²) in [6, 6.07) is 5.58. The Hall–Kier alpha value is -1.59. The first-order valence-corrected chi connectivity index (χ1v) is 6.73. The summed E-state index contributed by atoms with van der Waals surface area (Å²) in [6.07, 6.45) is 0.416. The van der Waals surface area contributed by atoms with E-state index in [2.05, 4.69) is 5.32 Å². The lowest BCUT2D eigenvalue weighted by molar-refractivity contribution is 0.0463. The molecule has 2 atom stereocenters. The molecule has 1 aromatic carbocycles. The molecule has 0 aromatic heterocycles. The van der Waals surface area contributed by atoms with Crippen molar-refractivity contribution in [2.75, 3.05) is 27.4 Å². The zero-order valence-corrected chi connectivity index (χ0v) is 12.1. The van der Waals surface area contributed by atoms with Gasteiger partial charge < -0.3 is 19.5 Å². The van der Waals surface area contributed by atoms with Crippen LogP contribution in [0.5, 0.6) is 11.5 Å². The van der Waals surface area contributed by atoms with Crippen molar-refractivity contribution >= 4 is 5.78 Å². The Bertz CT molecular complexity index is 475. The second-order valence-electron chi connectivity index (χ2n) is 5.00. The van der Waals surface area contributed by atoms with Crippen molar-refractivity contribution < 1.29 is 19.0 Å². The third-order valence-corrected chi connectivity index (χ3v) is 3.34. The first-order chi connectivity index (χ1) is 9.63. The Morgan fingerprint density at radius 1 is 1.30 bits per heavy atom. The van der Waals surface area contributed by atoms with E-state index in [4.69, 9.17) is 14.2 Å². The van der Waals surface area contributed by atoms with Crippen LogP contribution in [0.15, 0.2) is 18.2 Å². The van der Waals surface area contributed by atoms with Crippen LogP contribution in [0.4, 0.5) is 0 Å². The standard InChI is InChI=1S/C15H21NO4/c1-10-8-20-9-12(16-10)7-13(17)11-4-5-14(18-2)15(6-11)19-3/h4-6,10,12,16H,7-9H2,1-3H3. The number of ether oxygens (including phenoxy) is 3. The van der Waals surface area contributed by atoms with Crippen LogP contribution in [0.3, 0.4) is 0 Å². The highest BCUT2D eigenvalue weighted by atomic mass is 16.5. The Kier molecular flexibility index (Phi) is 4.98. The van der Waals surface area contributed by atoms with Crippen molar-refractivity contribution in [1.29, 1.82) is 0 Å². The van der Waals surface area contributed by atoms with Gasteiger partial charge in [0.1, 0.15) is 0 Å². The number of morpholine rings is 1. The summed E-state index contributed by atoms with van der Waals surface area (Å²) in [7, 11) is 3.13. The van der Waals surface area contributed by atoms with Crippen LogP contribution in [0.1, 0.15) is 23.7 Å². The van der Waals surface area contributed by atoms with Gasteiger partial charge in [0.05, 0.1) is 27.4 Å². The van der Waals surface area contributed by atoms with Crippen molar-refractivity contribution in [3.63, 3.8) is 0 Å². The lowest BCUT2D eigenvalue weighted by atomic mass is 10.0. The van der Waals surface area contributed by atoms with Crippen molar-refractivity contribution in [2.24, 2.45) is 0 Å². The average Bonchev–Trinajstić information content (AvgIpc) is 2.46. The number of rotatable bonds is 5. The summed E-state index contributed by atoms with van der Waals surface area (Å²) in [6.45, 7) is 3.32. The SMILES string of the molecule is COc1ccc(C(=O)CC2COCC(C)N2)cc1OC. The molecule has 20 heavy (non-hydrogen) atoms. The molecule has 1 heterocycles. The van der Waals surface area contributed by atoms with Gasteiger partial charge in [0, 0.05) is 24.1 Å². The zero-order chi connectivity index (χ0) is 14.5. The fraction of sp³-hybridized carbons (Fsp3) is 0.533. The molecule has 0 bridgehead atoms. The first kappa shape index (κ1) is 14.8. The highest BCUT2D eigenvalue weighted by molar-refractivity contribution is 5.97. The van der Waals surface area contributed by atoms with Gasteiger partial charge in [0.2, 0.25) is 0 Å². The van der Waals surface area contributed by atoms with Crippen LogP contribution < -0.4 is 14.8 Å². The Morgan fingerprint density at radius 2 is 2.05 bits per heavy atom. The maximum Gasteiger partial charge on any atom is 0.164 e. The fourth-order valence-corrected chi connectivity index (χ4v) is 2.35. The molecule has 110 valence electrons. The quantitative estimate of drug-likeness (QED) is 0.831. The van der Waals surface area contributed by atoms with Gasteiger partial charge in [-0.05, 0) is 25.1 Å². The van der Waals surface area contributed by atoms with Gasteiger partial charge in [0.25, 0.3) is 0 Å². The largest absolute Gasteiger partial charge is 0.493 e. The topological polar surface area (TPSA) is 56.8 Å². The van der Waals surface area contributed by atoms with E-state index in [0.29, 0.717) is 36.7 Å². The van der Waals surface area contributed by atoms with E-state index in [9.17, 15) is 4.79 Å². The predicted octanol–water partition coefficient (Wildman–Crippen LogP) is 1.65. The summed E-state index contributed by atoms with van der Waals surface area (Å²) < 4.78 is 15.8. The molecule has 5 nitrogen and oxygen atoms in total. The van der Waals surface area contributed by atoms with Gasteiger partial charge in [-0.25, -0.2) is 0 Å². The minimum Gasteiger partial charge on any atom is -0.493 e. The van der Waals surface area contributed by atoms with Gasteiger partial charge in [-0.1, -0.05) is 0 Å². The third-order valence-electron chi connectivity index (χ3n) is 3.34. The predicted molar refractivity (Wildman–Crippen MR) is 75.7 cm³/mol. The van der Waals surface area contributed by atoms with E-state index in [1.165, 1.54) is 0 Å². The molecule has 1 aromatic rings. The number of benzene rings is 1. The number of carbonyl (C=O) groups excluding carboxylic acids is 1. The third kappa shape index (κ3) is 3.49. The van der Waals surface area contributed by atoms with E-state index in [0.717, 1.165) is 0 Å². The van der Waals surface area contributed by atoms with Crippen molar-refractivity contribution in [2.45, 2.75) is 25.4 Å². The molecular formula is C15H21NO4. The van der Waals surface area contributed by atoms with Crippen LogP contribution in [0.2, 0.25) is 0 Å². The van der Waals surface area contributed by atoms with Gasteiger partial charge in [-0.3, -0.25) is 4.79 Å². The summed E-state index contributed by atoms with van der Waals surface area (Å²) in [5.74, 6) is 1.26. The Morgan fingerprint density at radius 3 is 2.70 bits per heavy atom. The van der Waals surface area contributed by atoms with Gasteiger partial charge in [-0.2, -0.15) is 0 Å². The number of Topliss-reactive ketones (excluding diaryl/α,β-unsaturated/α-hetero) is 1. The van der Waals surface area contributed by atoms with Gasteiger partial charge in [0.15, 0.2) is 17.3 Å². The number of nitrogens with one attached hydrogen (secondary N) is 1. The van der Waals surface area contributed by atoms with E-state index >= 15 is 0 Å². The first-order valence-electron chi connectivity index (χ1n) is 6.73. The molecule has 1 aliphatic heterocycles. The minimum atomic E-state index is 0.0688. The monoisotopic (exact) mass is 279 g/mol. The van der Waals surface area contributed by atoms with Crippen LogP contribution in [0, 0.1) is 0 Å². The van der Waals surface area contributed by atoms with Gasteiger partial charge in [-0.15, -0.1) is 0 Å². The summed E-state index contributed by atoms with van der Waals surface area (Å²) in [5, 5.41) is 3.37. The molecule has 0 amide bonds. The van der Waals surface area contributed by atoms with E-state index in [1.807, 2.05) is 6.92 Å². The molecule has 0 spiro atoms. The molecule has 1 fully saturated rings. The maximum absolute atomic E-state index is 12.3. The fourth-order valence-electron chi connectivity index (χ4n) is 2.35. The lowest BCUT2D eigenvalue weighted by Gasteiger charge is -2.28. The van der Waals surface area contributed by atoms with Crippen LogP contribution in [-0.4, -0.2) is 45.3 Å². The molecule has 0 radical (unpaired) electrons. The Labute approximate surface area is 119 Å². The highest BCUT2D eigenvalue weighted by Gasteiger charge is 2.22. The second kappa shape index (κ2) is 6.72. The van der Waals surface area contributed by atoms with Crippen molar-refractivity contribution in [3.8, 4) is 11.5 Å². The van der Waals surface area contributed by atoms with Crippen LogP contribution >= 0.6 is 0 Å². The number of carbonyl (C=O) groups is 1. The molecule has 5 heteroatoms. The molecule has 1 N–H and O–H groups in total. The minimum absolute atomic E-state index is 0.0688. The molecule has 2 rings (SSSR count). The lowest BCUT2D eigenvalue weighted by Crippen LogP contribution is -2.48. The molecular weight excluding hydrogens is 258 g/mol. The molecule has 0 aliphatic carbocycles. The number of hydrogen-bond donors (Lipinski definition) is 1. The highest BCUT2D eigenvalue weighted by Crippen LogP contribution is 2.28. The maximum atomic E-state index is 12.3. The zero-order valence-electron chi connectivity index (χ0n) is 12.1. The number of methoxy groups -OCH3 is 2. The number of hydrogen-bond acceptors (Lipinski definition) is 5. The van der Waals surface area contributed by atoms with Crippen molar-refractivity contribution in [3.05, 3.63) is 23.8 Å². The van der Waals surface area contributed by atoms with Gasteiger partial charge >= 0.3 is 0 Å². The molecule has 0 saturated carbocycles. The molecule has 2 unspecified atom stereocenters. The van der Waals surface area contributed by atoms with Crippen LogP contribution in [0.25, 0.3) is 0 Å². The van der Waals surface area contributed by atoms with Crippen molar-refractivity contribution in [1.82, 2.24) is 5.32 Å². The van der Waals surface area contributed by atoms with E-state index in [1.54, 1.807) is 32.4 Å². The normalized spacial score (nSPS) is 22.4. The molecule has 1 aliphatic rings.